The van der Waals surface area contributed by atoms with Crippen LogP contribution in [-0.2, 0) is 16.0 Å². The quantitative estimate of drug-likeness (QED) is 0.482. The molecule has 0 saturated carbocycles. The average Bonchev–Trinajstić information content (AvgIpc) is 2.64. The zero-order chi connectivity index (χ0) is 18.1. The minimum absolute atomic E-state index is 0.524. The molecule has 130 valence electrons. The van der Waals surface area contributed by atoms with E-state index in [2.05, 4.69) is 15.8 Å². The molecule has 0 saturated heterocycles. The predicted molar refractivity (Wildman–Crippen MR) is 97.8 cm³/mol. The fraction of sp³-hybridized carbons (Fsp3) is 0.211. The molecule has 0 aromatic heterocycles. The first kappa shape index (κ1) is 18.2. The maximum absolute atomic E-state index is 11.9. The van der Waals surface area contributed by atoms with Gasteiger partial charge in [-0.05, 0) is 43.2 Å². The summed E-state index contributed by atoms with van der Waals surface area (Å²) >= 11 is 0. The van der Waals surface area contributed by atoms with E-state index in [1.54, 1.807) is 24.3 Å². The summed E-state index contributed by atoms with van der Waals surface area (Å²) in [6.07, 6.45) is 2.35. The molecule has 2 amide bonds. The van der Waals surface area contributed by atoms with Crippen LogP contribution in [0.3, 0.4) is 0 Å². The number of hydrogen-bond acceptors (Lipinski definition) is 4. The van der Waals surface area contributed by atoms with E-state index in [0.717, 1.165) is 12.0 Å². The molecule has 0 heterocycles. The third-order valence-electron chi connectivity index (χ3n) is 3.41. The minimum atomic E-state index is -0.843. The fourth-order valence-corrected chi connectivity index (χ4v) is 2.10. The van der Waals surface area contributed by atoms with Crippen LogP contribution in [0.1, 0.15) is 25.0 Å². The Bertz CT molecular complexity index is 755. The van der Waals surface area contributed by atoms with Gasteiger partial charge in [0.2, 0.25) is 0 Å². The molecular weight excluding hydrogens is 318 g/mol. The number of nitrogens with one attached hydrogen (secondary N) is 2. The summed E-state index contributed by atoms with van der Waals surface area (Å²) < 4.78 is 5.46. The Balaban J connectivity index is 1.91. The normalized spacial score (nSPS) is 10.5. The number of para-hydroxylation sites is 1. The second-order valence-electron chi connectivity index (χ2n) is 5.17. The van der Waals surface area contributed by atoms with E-state index in [1.807, 2.05) is 38.1 Å². The number of amides is 2. The zero-order valence-electron chi connectivity index (χ0n) is 14.3. The smallest absolute Gasteiger partial charge is 0.329 e. The molecule has 0 radical (unpaired) electrons. The molecule has 6 nitrogen and oxygen atoms in total. The van der Waals surface area contributed by atoms with Gasteiger partial charge in [-0.3, -0.25) is 9.59 Å². The number of carbonyl (C=O) groups is 2. The van der Waals surface area contributed by atoms with Crippen LogP contribution in [0.2, 0.25) is 0 Å². The van der Waals surface area contributed by atoms with Crippen LogP contribution in [0.5, 0.6) is 5.75 Å². The summed E-state index contributed by atoms with van der Waals surface area (Å²) in [7, 11) is 0. The van der Waals surface area contributed by atoms with Gasteiger partial charge in [-0.2, -0.15) is 5.10 Å². The lowest BCUT2D eigenvalue weighted by molar-refractivity contribution is -0.136. The monoisotopic (exact) mass is 339 g/mol. The van der Waals surface area contributed by atoms with Crippen molar-refractivity contribution in [1.82, 2.24) is 5.43 Å². The fourth-order valence-electron chi connectivity index (χ4n) is 2.10. The Morgan fingerprint density at radius 3 is 2.44 bits per heavy atom. The Labute approximate surface area is 146 Å². The number of hydrazone groups is 1. The van der Waals surface area contributed by atoms with E-state index in [-0.39, 0.29) is 0 Å². The molecule has 0 spiro atoms. The van der Waals surface area contributed by atoms with E-state index >= 15 is 0 Å². The number of hydrogen-bond donors (Lipinski definition) is 2. The van der Waals surface area contributed by atoms with Crippen LogP contribution in [0, 0.1) is 0 Å². The third-order valence-corrected chi connectivity index (χ3v) is 3.41. The van der Waals surface area contributed by atoms with Gasteiger partial charge in [-0.15, -0.1) is 0 Å². The van der Waals surface area contributed by atoms with Crippen LogP contribution in [0.15, 0.2) is 53.6 Å². The molecule has 0 fully saturated rings. The molecule has 0 aliphatic carbocycles. The summed E-state index contributed by atoms with van der Waals surface area (Å²) in [5.41, 5.74) is 4.63. The largest absolute Gasteiger partial charge is 0.493 e. The number of benzene rings is 2. The van der Waals surface area contributed by atoms with Crippen LogP contribution in [0.4, 0.5) is 5.69 Å². The number of nitrogens with zero attached hydrogens (tertiary/aromatic N) is 1. The van der Waals surface area contributed by atoms with Crippen molar-refractivity contribution in [2.24, 2.45) is 5.10 Å². The van der Waals surface area contributed by atoms with Gasteiger partial charge >= 0.3 is 11.8 Å². The number of rotatable bonds is 6. The van der Waals surface area contributed by atoms with E-state index in [0.29, 0.717) is 23.6 Å². The van der Waals surface area contributed by atoms with Crippen molar-refractivity contribution in [3.05, 3.63) is 59.7 Å². The van der Waals surface area contributed by atoms with Crippen molar-refractivity contribution in [3.8, 4) is 5.75 Å². The Hall–Kier alpha value is -3.15. The Morgan fingerprint density at radius 2 is 1.76 bits per heavy atom. The summed E-state index contributed by atoms with van der Waals surface area (Å²) in [5.74, 6) is -0.965. The van der Waals surface area contributed by atoms with Gasteiger partial charge in [-0.1, -0.05) is 31.2 Å². The minimum Gasteiger partial charge on any atom is -0.493 e. The number of aryl methyl sites for hydroxylation is 1. The first-order valence-corrected chi connectivity index (χ1v) is 8.09. The van der Waals surface area contributed by atoms with Gasteiger partial charge in [0, 0.05) is 11.3 Å². The zero-order valence-corrected chi connectivity index (χ0v) is 14.3. The van der Waals surface area contributed by atoms with Crippen LogP contribution in [-0.4, -0.2) is 24.6 Å². The van der Waals surface area contributed by atoms with Crippen molar-refractivity contribution in [2.75, 3.05) is 11.9 Å². The van der Waals surface area contributed by atoms with Gasteiger partial charge < -0.3 is 10.1 Å². The molecule has 0 atom stereocenters. The molecular formula is C19H21N3O3. The molecule has 0 aliphatic heterocycles. The molecule has 25 heavy (non-hydrogen) atoms. The molecule has 0 bridgehead atoms. The van der Waals surface area contributed by atoms with E-state index in [4.69, 9.17) is 4.74 Å². The molecule has 2 aromatic rings. The highest BCUT2D eigenvalue weighted by Gasteiger charge is 2.12. The van der Waals surface area contributed by atoms with Crippen molar-refractivity contribution >= 4 is 23.7 Å². The van der Waals surface area contributed by atoms with Crippen LogP contribution >= 0.6 is 0 Å². The summed E-state index contributed by atoms with van der Waals surface area (Å²) in [4.78, 5) is 23.7. The topological polar surface area (TPSA) is 79.8 Å². The summed E-state index contributed by atoms with van der Waals surface area (Å²) in [6.45, 7) is 4.45. The lowest BCUT2D eigenvalue weighted by Crippen LogP contribution is -2.32. The first-order chi connectivity index (χ1) is 12.1. The van der Waals surface area contributed by atoms with Gasteiger partial charge in [0.1, 0.15) is 5.75 Å². The second kappa shape index (κ2) is 9.22. The Kier molecular flexibility index (Phi) is 6.71. The van der Waals surface area contributed by atoms with Gasteiger partial charge in [0.15, 0.2) is 0 Å². The maximum Gasteiger partial charge on any atom is 0.329 e. The van der Waals surface area contributed by atoms with E-state index in [9.17, 15) is 9.59 Å². The highest BCUT2D eigenvalue weighted by atomic mass is 16.5. The molecule has 2 rings (SSSR count). The lowest BCUT2D eigenvalue weighted by atomic mass is 10.1. The first-order valence-electron chi connectivity index (χ1n) is 8.09. The predicted octanol–water partition coefficient (Wildman–Crippen LogP) is 2.74. The summed E-state index contributed by atoms with van der Waals surface area (Å²) in [6, 6.07) is 14.6. The van der Waals surface area contributed by atoms with Crippen LogP contribution < -0.4 is 15.5 Å². The molecule has 0 unspecified atom stereocenters. The van der Waals surface area contributed by atoms with Crippen molar-refractivity contribution < 1.29 is 14.3 Å². The molecule has 2 aromatic carbocycles. The number of anilines is 1. The molecule has 0 aliphatic rings. The standard InChI is InChI=1S/C19H21N3O3/c1-3-14-9-11-16(12-10-14)21-18(23)19(24)22-20-13-15-7-5-6-8-17(15)25-4-2/h5-13H,3-4H2,1-2H3,(H,21,23)(H,22,24)/b20-13+. The van der Waals surface area contributed by atoms with Crippen molar-refractivity contribution in [3.63, 3.8) is 0 Å². The third kappa shape index (κ3) is 5.46. The van der Waals surface area contributed by atoms with Crippen molar-refractivity contribution in [1.29, 1.82) is 0 Å². The lowest BCUT2D eigenvalue weighted by Gasteiger charge is -2.06. The van der Waals surface area contributed by atoms with Crippen LogP contribution in [0.25, 0.3) is 0 Å². The number of carbonyl (C=O) groups excluding carboxylic acids is 2. The Morgan fingerprint density at radius 1 is 1.04 bits per heavy atom. The average molecular weight is 339 g/mol. The molecule has 6 heteroatoms. The maximum atomic E-state index is 11.9. The SMILES string of the molecule is CCOc1ccccc1/C=N/NC(=O)C(=O)Nc1ccc(CC)cc1. The van der Waals surface area contributed by atoms with Gasteiger partial charge in [0.05, 0.1) is 12.8 Å². The van der Waals surface area contributed by atoms with Gasteiger partial charge in [0.25, 0.3) is 0 Å². The van der Waals surface area contributed by atoms with E-state index < -0.39 is 11.8 Å². The second-order valence-corrected chi connectivity index (χ2v) is 5.17. The highest BCUT2D eigenvalue weighted by Crippen LogP contribution is 2.15. The van der Waals surface area contributed by atoms with Gasteiger partial charge in [-0.25, -0.2) is 5.43 Å². The summed E-state index contributed by atoms with van der Waals surface area (Å²) in [5, 5.41) is 6.33. The molecule has 2 N–H and O–H groups in total. The highest BCUT2D eigenvalue weighted by molar-refractivity contribution is 6.39. The van der Waals surface area contributed by atoms with Crippen molar-refractivity contribution in [2.45, 2.75) is 20.3 Å². The van der Waals surface area contributed by atoms with E-state index in [1.165, 1.54) is 6.21 Å². The number of ether oxygens (including phenoxy) is 1.